The number of ether oxygens (including phenoxy) is 1. The molecule has 2 rings (SSSR count). The summed E-state index contributed by atoms with van der Waals surface area (Å²) in [6.45, 7) is 1.87. The number of hydrogen-bond acceptors (Lipinski definition) is 6. The maximum Gasteiger partial charge on any atom is 0.416 e. The monoisotopic (exact) mass is 433 g/mol. The summed E-state index contributed by atoms with van der Waals surface area (Å²) in [6, 6.07) is 5.98. The first-order chi connectivity index (χ1) is 13.4. The van der Waals surface area contributed by atoms with Crippen molar-refractivity contribution in [3.63, 3.8) is 0 Å². The molecule has 1 N–H and O–H groups in total. The van der Waals surface area contributed by atoms with Gasteiger partial charge in [0.2, 0.25) is 10.0 Å². The van der Waals surface area contributed by atoms with Crippen molar-refractivity contribution in [2.45, 2.75) is 18.0 Å². The molecule has 0 saturated heterocycles. The van der Waals surface area contributed by atoms with Crippen LogP contribution in [0.5, 0.6) is 5.75 Å². The molecule has 0 bridgehead atoms. The van der Waals surface area contributed by atoms with E-state index < -0.39 is 32.4 Å². The minimum Gasteiger partial charge on any atom is -0.492 e. The number of anilines is 2. The minimum absolute atomic E-state index is 0.0775. The van der Waals surface area contributed by atoms with Crippen LogP contribution in [-0.2, 0) is 16.2 Å². The van der Waals surface area contributed by atoms with Crippen LogP contribution >= 0.6 is 0 Å². The van der Waals surface area contributed by atoms with Crippen molar-refractivity contribution in [3.8, 4) is 5.75 Å². The summed E-state index contributed by atoms with van der Waals surface area (Å²) in [5.74, 6) is 0.0775. The summed E-state index contributed by atoms with van der Waals surface area (Å²) in [7, 11) is -1.26. The van der Waals surface area contributed by atoms with Gasteiger partial charge in [0.05, 0.1) is 17.1 Å². The largest absolute Gasteiger partial charge is 0.492 e. The number of nitro groups is 1. The second-order valence-electron chi connectivity index (χ2n) is 5.99. The summed E-state index contributed by atoms with van der Waals surface area (Å²) >= 11 is 0. The van der Waals surface area contributed by atoms with Crippen LogP contribution in [0.3, 0.4) is 0 Å². The van der Waals surface area contributed by atoms with E-state index in [1.165, 1.54) is 32.3 Å². The molecule has 158 valence electrons. The fourth-order valence-corrected chi connectivity index (χ4v) is 3.43. The quantitative estimate of drug-likeness (QED) is 0.523. The van der Waals surface area contributed by atoms with Crippen molar-refractivity contribution in [2.24, 2.45) is 0 Å². The molecule has 0 amide bonds. The Morgan fingerprint density at radius 2 is 1.83 bits per heavy atom. The van der Waals surface area contributed by atoms with Gasteiger partial charge in [-0.3, -0.25) is 10.1 Å². The van der Waals surface area contributed by atoms with Crippen LogP contribution in [0, 0.1) is 10.1 Å². The first-order valence-corrected chi connectivity index (χ1v) is 9.64. The average Bonchev–Trinajstić information content (AvgIpc) is 2.62. The molecule has 0 aliphatic heterocycles. The van der Waals surface area contributed by atoms with Crippen molar-refractivity contribution in [2.75, 3.05) is 26.0 Å². The van der Waals surface area contributed by atoms with Crippen LogP contribution in [0.25, 0.3) is 0 Å². The number of alkyl halides is 3. The van der Waals surface area contributed by atoms with Gasteiger partial charge < -0.3 is 10.1 Å². The molecule has 12 heteroatoms. The van der Waals surface area contributed by atoms with Crippen molar-refractivity contribution in [1.29, 1.82) is 0 Å². The first kappa shape index (κ1) is 22.4. The molecule has 2 aromatic rings. The van der Waals surface area contributed by atoms with Gasteiger partial charge in [0, 0.05) is 25.8 Å². The highest BCUT2D eigenvalue weighted by molar-refractivity contribution is 7.89. The zero-order chi connectivity index (χ0) is 22.0. The molecular formula is C17H18F3N3O5S. The molecule has 0 aromatic heterocycles. The van der Waals surface area contributed by atoms with Crippen LogP contribution in [0.1, 0.15) is 12.5 Å². The number of benzene rings is 2. The normalized spacial score (nSPS) is 12.1. The van der Waals surface area contributed by atoms with Crippen LogP contribution in [0.4, 0.5) is 30.2 Å². The molecule has 2 aromatic carbocycles. The van der Waals surface area contributed by atoms with Gasteiger partial charge >= 0.3 is 6.18 Å². The first-order valence-electron chi connectivity index (χ1n) is 8.20. The molecule has 0 heterocycles. The lowest BCUT2D eigenvalue weighted by Crippen LogP contribution is -2.23. The highest BCUT2D eigenvalue weighted by atomic mass is 32.2. The molecule has 0 aliphatic carbocycles. The van der Waals surface area contributed by atoms with E-state index in [1.807, 2.05) is 0 Å². The zero-order valence-corrected chi connectivity index (χ0v) is 16.5. The van der Waals surface area contributed by atoms with Crippen LogP contribution in [-0.4, -0.2) is 38.3 Å². The summed E-state index contributed by atoms with van der Waals surface area (Å²) in [5.41, 5.74) is -2.07. The molecule has 8 nitrogen and oxygen atoms in total. The predicted octanol–water partition coefficient (Wildman–Crippen LogP) is 4.01. The Morgan fingerprint density at radius 1 is 1.17 bits per heavy atom. The van der Waals surface area contributed by atoms with Crippen LogP contribution in [0.2, 0.25) is 0 Å². The van der Waals surface area contributed by atoms with E-state index in [4.69, 9.17) is 4.74 Å². The van der Waals surface area contributed by atoms with Crippen molar-refractivity contribution in [1.82, 2.24) is 4.31 Å². The molecule has 29 heavy (non-hydrogen) atoms. The fraction of sp³-hybridized carbons (Fsp3) is 0.294. The number of halogens is 3. The van der Waals surface area contributed by atoms with Crippen molar-refractivity contribution < 1.29 is 31.2 Å². The van der Waals surface area contributed by atoms with Gasteiger partial charge in [-0.2, -0.15) is 13.2 Å². The Labute approximate surface area is 165 Å². The van der Waals surface area contributed by atoms with E-state index >= 15 is 0 Å². The second kappa shape index (κ2) is 8.25. The Hall–Kier alpha value is -2.86. The van der Waals surface area contributed by atoms with E-state index in [0.717, 1.165) is 10.4 Å². The molecule has 0 radical (unpaired) electrons. The number of hydrogen-bond donors (Lipinski definition) is 1. The van der Waals surface area contributed by atoms with Gasteiger partial charge in [-0.25, -0.2) is 12.7 Å². The molecule has 0 spiro atoms. The maximum absolute atomic E-state index is 12.8. The highest BCUT2D eigenvalue weighted by Crippen LogP contribution is 2.37. The number of nitro benzene ring substituents is 1. The molecular weight excluding hydrogens is 415 g/mol. The topological polar surface area (TPSA) is 102 Å². The second-order valence-corrected chi connectivity index (χ2v) is 8.11. The van der Waals surface area contributed by atoms with Gasteiger partial charge in [0.15, 0.2) is 0 Å². The number of rotatable bonds is 7. The van der Waals surface area contributed by atoms with Gasteiger partial charge in [-0.05, 0) is 37.3 Å². The van der Waals surface area contributed by atoms with Gasteiger partial charge in [0.25, 0.3) is 5.69 Å². The zero-order valence-electron chi connectivity index (χ0n) is 15.6. The lowest BCUT2D eigenvalue weighted by molar-refractivity contribution is -0.384. The maximum atomic E-state index is 12.8. The Balaban J connectivity index is 2.54. The lowest BCUT2D eigenvalue weighted by Gasteiger charge is -2.17. The van der Waals surface area contributed by atoms with E-state index in [0.29, 0.717) is 12.1 Å². The van der Waals surface area contributed by atoms with Crippen molar-refractivity contribution in [3.05, 3.63) is 52.1 Å². The van der Waals surface area contributed by atoms with Crippen molar-refractivity contribution >= 4 is 27.1 Å². The molecule has 0 atom stereocenters. The predicted molar refractivity (Wildman–Crippen MR) is 99.9 cm³/mol. The number of nitrogens with one attached hydrogen (secondary N) is 1. The Kier molecular flexibility index (Phi) is 6.38. The molecule has 0 saturated carbocycles. The molecule has 0 unspecified atom stereocenters. The number of sulfonamides is 1. The van der Waals surface area contributed by atoms with Gasteiger partial charge in [-0.1, -0.05) is 0 Å². The summed E-state index contributed by atoms with van der Waals surface area (Å²) in [5, 5.41) is 13.8. The third-order valence-electron chi connectivity index (χ3n) is 3.80. The number of nitrogens with zero attached hydrogens (tertiary/aromatic N) is 2. The van der Waals surface area contributed by atoms with Gasteiger partial charge in [-0.15, -0.1) is 0 Å². The van der Waals surface area contributed by atoms with E-state index in [2.05, 4.69) is 5.32 Å². The van der Waals surface area contributed by atoms with Gasteiger partial charge in [0.1, 0.15) is 16.3 Å². The third kappa shape index (κ3) is 4.95. The lowest BCUT2D eigenvalue weighted by atomic mass is 10.1. The summed E-state index contributed by atoms with van der Waals surface area (Å²) < 4.78 is 69.9. The smallest absolute Gasteiger partial charge is 0.416 e. The summed E-state index contributed by atoms with van der Waals surface area (Å²) in [4.78, 5) is 10.1. The third-order valence-corrected chi connectivity index (χ3v) is 5.64. The van der Waals surface area contributed by atoms with Crippen LogP contribution < -0.4 is 10.1 Å². The van der Waals surface area contributed by atoms with E-state index in [9.17, 15) is 31.7 Å². The van der Waals surface area contributed by atoms with Crippen LogP contribution in [0.15, 0.2) is 41.3 Å². The SMILES string of the molecule is CCOc1ccc(Nc2ccc(C(F)(F)F)cc2[N+](=O)[O-])cc1S(=O)(=O)N(C)C. The highest BCUT2D eigenvalue weighted by Gasteiger charge is 2.33. The average molecular weight is 433 g/mol. The van der Waals surface area contributed by atoms with E-state index in [-0.39, 0.29) is 28.6 Å². The molecule has 0 fully saturated rings. The standard InChI is InChI=1S/C17H18F3N3O5S/c1-4-28-15-8-6-12(10-16(15)29(26,27)22(2)3)21-13-7-5-11(17(18,19)20)9-14(13)23(24)25/h5-10,21H,4H2,1-3H3. The Morgan fingerprint density at radius 3 is 2.34 bits per heavy atom. The fourth-order valence-electron chi connectivity index (χ4n) is 2.38. The van der Waals surface area contributed by atoms with E-state index in [1.54, 1.807) is 6.92 Å². The minimum atomic E-state index is -4.74. The summed E-state index contributed by atoms with van der Waals surface area (Å²) in [6.07, 6.45) is -4.74. The Bertz CT molecular complexity index is 1020. The molecule has 0 aliphatic rings.